The summed E-state index contributed by atoms with van der Waals surface area (Å²) in [5, 5.41) is 11.5. The van der Waals surface area contributed by atoms with Crippen LogP contribution in [0.5, 0.6) is 5.75 Å². The van der Waals surface area contributed by atoms with Crippen LogP contribution in [0.4, 0.5) is 4.39 Å². The van der Waals surface area contributed by atoms with Crippen molar-refractivity contribution in [2.45, 2.75) is 25.8 Å². The molecule has 0 saturated carbocycles. The minimum absolute atomic E-state index is 0.0656. The molecular weight excluding hydrogens is 361 g/mol. The molecule has 0 saturated heterocycles. The monoisotopic (exact) mass is 379 g/mol. The molecule has 0 aliphatic rings. The molecule has 1 amide bonds. The van der Waals surface area contributed by atoms with Crippen LogP contribution in [0, 0.1) is 5.82 Å². The summed E-state index contributed by atoms with van der Waals surface area (Å²) in [6, 6.07) is 11.4. The molecule has 2 N–H and O–H groups in total. The Morgan fingerprint density at radius 2 is 1.88 bits per heavy atom. The van der Waals surface area contributed by atoms with Crippen molar-refractivity contribution < 1.29 is 23.8 Å². The van der Waals surface area contributed by atoms with E-state index in [-0.39, 0.29) is 29.3 Å². The van der Waals surface area contributed by atoms with Crippen LogP contribution in [0.25, 0.3) is 0 Å². The fourth-order valence-corrected chi connectivity index (χ4v) is 2.47. The molecule has 0 spiro atoms. The number of rotatable bonds is 9. The largest absolute Gasteiger partial charge is 0.494 e. The number of carbonyl (C=O) groups is 2. The van der Waals surface area contributed by atoms with Crippen molar-refractivity contribution in [3.8, 4) is 5.75 Å². The third kappa shape index (κ3) is 6.37. The maximum atomic E-state index is 13.7. The second-order valence-corrected chi connectivity index (χ2v) is 6.05. The van der Waals surface area contributed by atoms with E-state index >= 15 is 0 Å². The van der Waals surface area contributed by atoms with E-state index in [2.05, 4.69) is 5.32 Å². The van der Waals surface area contributed by atoms with Crippen molar-refractivity contribution in [2.24, 2.45) is 0 Å². The minimum Gasteiger partial charge on any atom is -0.494 e. The van der Waals surface area contributed by atoms with Gasteiger partial charge in [-0.05, 0) is 36.2 Å². The van der Waals surface area contributed by atoms with Gasteiger partial charge >= 0.3 is 5.97 Å². The van der Waals surface area contributed by atoms with Gasteiger partial charge in [0.05, 0.1) is 13.0 Å². The number of hydrogen-bond acceptors (Lipinski definition) is 3. The molecule has 0 atom stereocenters. The Labute approximate surface area is 155 Å². The fourth-order valence-electron chi connectivity index (χ4n) is 2.24. The summed E-state index contributed by atoms with van der Waals surface area (Å²) in [5.41, 5.74) is 1.03. The average molecular weight is 380 g/mol. The number of amides is 1. The maximum Gasteiger partial charge on any atom is 0.303 e. The van der Waals surface area contributed by atoms with Gasteiger partial charge in [-0.3, -0.25) is 9.59 Å². The Bertz CT molecular complexity index is 744. The average Bonchev–Trinajstić information content (AvgIpc) is 2.61. The molecule has 26 heavy (non-hydrogen) atoms. The number of hydrogen-bond donors (Lipinski definition) is 2. The third-order valence-electron chi connectivity index (χ3n) is 3.62. The lowest BCUT2D eigenvalue weighted by Gasteiger charge is -2.09. The van der Waals surface area contributed by atoms with E-state index in [0.717, 1.165) is 5.56 Å². The molecule has 0 fully saturated rings. The summed E-state index contributed by atoms with van der Waals surface area (Å²) < 4.78 is 19.1. The lowest BCUT2D eigenvalue weighted by molar-refractivity contribution is -0.137. The fraction of sp³-hybridized carbons (Fsp3) is 0.263. The van der Waals surface area contributed by atoms with Crippen molar-refractivity contribution in [3.05, 3.63) is 64.4 Å². The molecule has 0 heterocycles. The first-order valence-corrected chi connectivity index (χ1v) is 8.46. The predicted molar refractivity (Wildman–Crippen MR) is 95.8 cm³/mol. The molecule has 0 aliphatic heterocycles. The van der Waals surface area contributed by atoms with Crippen LogP contribution in [-0.4, -0.2) is 23.6 Å². The molecule has 2 aromatic carbocycles. The van der Waals surface area contributed by atoms with Crippen molar-refractivity contribution in [2.75, 3.05) is 6.61 Å². The zero-order valence-electron chi connectivity index (χ0n) is 14.0. The number of carboxylic acid groups (broad SMARTS) is 1. The highest BCUT2D eigenvalue weighted by Crippen LogP contribution is 2.19. The Morgan fingerprint density at radius 3 is 2.54 bits per heavy atom. The number of carbonyl (C=O) groups excluding carboxylic acids is 1. The third-order valence-corrected chi connectivity index (χ3v) is 3.97. The molecule has 2 rings (SSSR count). The number of halogens is 2. The highest BCUT2D eigenvalue weighted by molar-refractivity contribution is 6.31. The van der Waals surface area contributed by atoms with Gasteiger partial charge in [0.1, 0.15) is 11.6 Å². The van der Waals surface area contributed by atoms with E-state index in [1.165, 1.54) is 12.1 Å². The quantitative estimate of drug-likeness (QED) is 0.653. The Hall–Kier alpha value is -2.60. The predicted octanol–water partition coefficient (Wildman–Crippen LogP) is 3.58. The maximum absolute atomic E-state index is 13.7. The van der Waals surface area contributed by atoms with Gasteiger partial charge in [0, 0.05) is 23.6 Å². The van der Waals surface area contributed by atoms with Crippen LogP contribution in [-0.2, 0) is 22.6 Å². The molecule has 0 aromatic heterocycles. The van der Waals surface area contributed by atoms with Gasteiger partial charge in [0.25, 0.3) is 0 Å². The van der Waals surface area contributed by atoms with Gasteiger partial charge in [0.15, 0.2) is 0 Å². The molecule has 7 heteroatoms. The standard InChI is InChI=1S/C19H19ClFNO4/c20-16-3-1-4-17(21)15(16)11-18(23)22-12-13-6-8-14(9-7-13)26-10-2-5-19(24)25/h1,3-4,6-9H,2,5,10-12H2,(H,22,23)(H,24,25). The van der Waals surface area contributed by atoms with E-state index in [4.69, 9.17) is 21.4 Å². The Kier molecular flexibility index (Phi) is 7.41. The van der Waals surface area contributed by atoms with Crippen LogP contribution >= 0.6 is 11.6 Å². The number of aliphatic carboxylic acids is 1. The number of ether oxygens (including phenoxy) is 1. The topological polar surface area (TPSA) is 75.6 Å². The van der Waals surface area contributed by atoms with E-state index < -0.39 is 11.8 Å². The van der Waals surface area contributed by atoms with Crippen LogP contribution in [0.2, 0.25) is 5.02 Å². The second kappa shape index (κ2) is 9.77. The smallest absolute Gasteiger partial charge is 0.303 e. The van der Waals surface area contributed by atoms with Gasteiger partial charge in [-0.15, -0.1) is 0 Å². The molecule has 138 valence electrons. The molecular formula is C19H19ClFNO4. The second-order valence-electron chi connectivity index (χ2n) is 5.64. The first-order valence-electron chi connectivity index (χ1n) is 8.09. The van der Waals surface area contributed by atoms with E-state index in [9.17, 15) is 14.0 Å². The summed E-state index contributed by atoms with van der Waals surface area (Å²) >= 11 is 5.91. The highest BCUT2D eigenvalue weighted by Gasteiger charge is 2.11. The lowest BCUT2D eigenvalue weighted by atomic mass is 10.1. The van der Waals surface area contributed by atoms with Crippen LogP contribution in [0.15, 0.2) is 42.5 Å². The normalized spacial score (nSPS) is 10.4. The number of nitrogens with one attached hydrogen (secondary N) is 1. The van der Waals surface area contributed by atoms with Crippen molar-refractivity contribution >= 4 is 23.5 Å². The molecule has 0 unspecified atom stereocenters. The van der Waals surface area contributed by atoms with Gasteiger partial charge in [-0.25, -0.2) is 4.39 Å². The highest BCUT2D eigenvalue weighted by atomic mass is 35.5. The van der Waals surface area contributed by atoms with Crippen molar-refractivity contribution in [3.63, 3.8) is 0 Å². The molecule has 0 aliphatic carbocycles. The summed E-state index contributed by atoms with van der Waals surface area (Å²) in [5.74, 6) is -1.05. The molecule has 5 nitrogen and oxygen atoms in total. The Morgan fingerprint density at radius 1 is 1.15 bits per heavy atom. The van der Waals surface area contributed by atoms with E-state index in [0.29, 0.717) is 25.3 Å². The SMILES string of the molecule is O=C(O)CCCOc1ccc(CNC(=O)Cc2c(F)cccc2Cl)cc1. The van der Waals surface area contributed by atoms with Gasteiger partial charge in [-0.2, -0.15) is 0 Å². The summed E-state index contributed by atoms with van der Waals surface area (Å²) in [6.07, 6.45) is 0.373. The number of carboxylic acids is 1. The van der Waals surface area contributed by atoms with Crippen LogP contribution in [0.3, 0.4) is 0 Å². The first-order chi connectivity index (χ1) is 12.5. The molecule has 0 bridgehead atoms. The Balaban J connectivity index is 1.78. The van der Waals surface area contributed by atoms with Crippen LogP contribution in [0.1, 0.15) is 24.0 Å². The minimum atomic E-state index is -0.851. The molecule has 0 radical (unpaired) electrons. The first kappa shape index (κ1) is 19.7. The summed E-state index contributed by atoms with van der Waals surface area (Å²) in [6.45, 7) is 0.621. The lowest BCUT2D eigenvalue weighted by Crippen LogP contribution is -2.25. The van der Waals surface area contributed by atoms with Crippen molar-refractivity contribution in [1.29, 1.82) is 0 Å². The zero-order valence-corrected chi connectivity index (χ0v) is 14.8. The van der Waals surface area contributed by atoms with Gasteiger partial charge in [0.2, 0.25) is 5.91 Å². The van der Waals surface area contributed by atoms with Gasteiger partial charge < -0.3 is 15.2 Å². The van der Waals surface area contributed by atoms with E-state index in [1.807, 2.05) is 0 Å². The summed E-state index contributed by atoms with van der Waals surface area (Å²) in [7, 11) is 0. The summed E-state index contributed by atoms with van der Waals surface area (Å²) in [4.78, 5) is 22.4. The molecule has 2 aromatic rings. The van der Waals surface area contributed by atoms with E-state index in [1.54, 1.807) is 30.3 Å². The van der Waals surface area contributed by atoms with Crippen LogP contribution < -0.4 is 10.1 Å². The zero-order chi connectivity index (χ0) is 18.9. The van der Waals surface area contributed by atoms with Crippen molar-refractivity contribution in [1.82, 2.24) is 5.32 Å². The van der Waals surface area contributed by atoms with Gasteiger partial charge in [-0.1, -0.05) is 29.8 Å². The number of benzene rings is 2.